The Hall–Kier alpha value is -1.71. The lowest BCUT2D eigenvalue weighted by molar-refractivity contribution is 0.588. The third-order valence-electron chi connectivity index (χ3n) is 1.92. The first-order valence-electron chi connectivity index (χ1n) is 4.15. The van der Waals surface area contributed by atoms with Gasteiger partial charge < -0.3 is 0 Å². The number of aryl methyl sites for hydroxylation is 1. The molecule has 1 heterocycles. The first-order valence-corrected chi connectivity index (χ1v) is 4.15. The van der Waals surface area contributed by atoms with Crippen molar-refractivity contribution in [2.45, 2.75) is 6.92 Å². The molecule has 0 atom stereocenters. The van der Waals surface area contributed by atoms with E-state index in [4.69, 9.17) is 0 Å². The van der Waals surface area contributed by atoms with Crippen molar-refractivity contribution in [3.05, 3.63) is 41.6 Å². The molecule has 0 saturated carbocycles. The van der Waals surface area contributed by atoms with Crippen LogP contribution in [0.25, 0.3) is 11.3 Å². The van der Waals surface area contributed by atoms with Gasteiger partial charge in [-0.3, -0.25) is 5.10 Å². The van der Waals surface area contributed by atoms with Crippen LogP contribution < -0.4 is 0 Å². The lowest BCUT2D eigenvalue weighted by atomic mass is 10.1. The van der Waals surface area contributed by atoms with Gasteiger partial charge in [0.25, 0.3) is 0 Å². The van der Waals surface area contributed by atoms with E-state index in [1.54, 1.807) is 13.0 Å². The average molecular weight is 194 g/mol. The summed E-state index contributed by atoms with van der Waals surface area (Å²) in [5.41, 5.74) is 0.970. The quantitative estimate of drug-likeness (QED) is 0.742. The van der Waals surface area contributed by atoms with Gasteiger partial charge in [0.2, 0.25) is 0 Å². The molecule has 1 aromatic heterocycles. The Morgan fingerprint density at radius 3 is 2.36 bits per heavy atom. The van der Waals surface area contributed by atoms with Crippen molar-refractivity contribution in [3.63, 3.8) is 0 Å². The number of H-pyrrole nitrogens is 1. The molecule has 0 aliphatic carbocycles. The van der Waals surface area contributed by atoms with E-state index >= 15 is 0 Å². The van der Waals surface area contributed by atoms with E-state index < -0.39 is 11.6 Å². The van der Waals surface area contributed by atoms with Gasteiger partial charge in [-0.15, -0.1) is 0 Å². The normalized spacial score (nSPS) is 10.5. The first kappa shape index (κ1) is 8.87. The molecular weight excluding hydrogens is 186 g/mol. The summed E-state index contributed by atoms with van der Waals surface area (Å²) >= 11 is 0. The van der Waals surface area contributed by atoms with Crippen LogP contribution in [0.4, 0.5) is 8.78 Å². The predicted octanol–water partition coefficient (Wildman–Crippen LogP) is 2.66. The van der Waals surface area contributed by atoms with E-state index in [1.165, 1.54) is 18.2 Å². The highest BCUT2D eigenvalue weighted by Crippen LogP contribution is 2.24. The summed E-state index contributed by atoms with van der Waals surface area (Å²) < 4.78 is 26.5. The Labute approximate surface area is 79.6 Å². The van der Waals surface area contributed by atoms with E-state index in [9.17, 15) is 8.78 Å². The molecule has 0 unspecified atom stereocenters. The van der Waals surface area contributed by atoms with Crippen LogP contribution in [0.5, 0.6) is 0 Å². The number of benzene rings is 1. The van der Waals surface area contributed by atoms with Crippen molar-refractivity contribution in [2.75, 3.05) is 0 Å². The van der Waals surface area contributed by atoms with Gasteiger partial charge in [0.05, 0.1) is 11.3 Å². The summed E-state index contributed by atoms with van der Waals surface area (Å²) in [5.74, 6) is -1.20. The summed E-state index contributed by atoms with van der Waals surface area (Å²) in [6.07, 6.45) is 0. The van der Waals surface area contributed by atoms with Gasteiger partial charge in [-0.25, -0.2) is 8.78 Å². The van der Waals surface area contributed by atoms with Crippen molar-refractivity contribution in [3.8, 4) is 11.3 Å². The number of nitrogens with one attached hydrogen (secondary N) is 1. The fraction of sp³-hybridized carbons (Fsp3) is 0.100. The Bertz CT molecular complexity index is 443. The van der Waals surface area contributed by atoms with E-state index in [1.807, 2.05) is 0 Å². The highest BCUT2D eigenvalue weighted by atomic mass is 19.1. The van der Waals surface area contributed by atoms with Crippen LogP contribution in [0.15, 0.2) is 24.3 Å². The maximum atomic E-state index is 13.3. The molecule has 0 radical (unpaired) electrons. The minimum Gasteiger partial charge on any atom is -0.282 e. The summed E-state index contributed by atoms with van der Waals surface area (Å²) in [6, 6.07) is 5.35. The lowest BCUT2D eigenvalue weighted by Crippen LogP contribution is -1.89. The largest absolute Gasteiger partial charge is 0.282 e. The van der Waals surface area contributed by atoms with Crippen LogP contribution in [0, 0.1) is 18.6 Å². The molecular formula is C10H8F2N2. The second-order valence-electron chi connectivity index (χ2n) is 3.03. The maximum absolute atomic E-state index is 13.3. The molecule has 2 rings (SSSR count). The minimum atomic E-state index is -0.600. The number of aromatic amines is 1. The molecule has 2 aromatic rings. The standard InChI is InChI=1S/C10H8F2N2/c1-6-5-9(14-13-6)10-7(11)3-2-4-8(10)12/h2-5H,1H3,(H,13,14). The molecule has 0 spiro atoms. The topological polar surface area (TPSA) is 28.7 Å². The molecule has 0 aliphatic heterocycles. The molecule has 14 heavy (non-hydrogen) atoms. The summed E-state index contributed by atoms with van der Waals surface area (Å²) in [4.78, 5) is 0. The zero-order chi connectivity index (χ0) is 10.1. The SMILES string of the molecule is Cc1cc(-c2c(F)cccc2F)n[nH]1. The monoisotopic (exact) mass is 194 g/mol. The zero-order valence-electron chi connectivity index (χ0n) is 7.51. The molecule has 0 bridgehead atoms. The van der Waals surface area contributed by atoms with Gasteiger partial charge in [0.15, 0.2) is 0 Å². The molecule has 1 N–H and O–H groups in total. The van der Waals surface area contributed by atoms with Crippen LogP contribution >= 0.6 is 0 Å². The Morgan fingerprint density at radius 2 is 1.86 bits per heavy atom. The molecule has 0 amide bonds. The summed E-state index contributed by atoms with van der Waals surface area (Å²) in [7, 11) is 0. The van der Waals surface area contributed by atoms with Gasteiger partial charge in [-0.1, -0.05) is 6.07 Å². The molecule has 1 aromatic carbocycles. The van der Waals surface area contributed by atoms with Crippen molar-refractivity contribution in [2.24, 2.45) is 0 Å². The van der Waals surface area contributed by atoms with Crippen LogP contribution in [0.3, 0.4) is 0 Å². The van der Waals surface area contributed by atoms with Gasteiger partial charge in [-0.05, 0) is 25.1 Å². The van der Waals surface area contributed by atoms with Gasteiger partial charge >= 0.3 is 0 Å². The Kier molecular flexibility index (Phi) is 2.04. The van der Waals surface area contributed by atoms with Crippen LogP contribution in [-0.2, 0) is 0 Å². The fourth-order valence-electron chi connectivity index (χ4n) is 1.29. The van der Waals surface area contributed by atoms with Gasteiger partial charge in [-0.2, -0.15) is 5.10 Å². The average Bonchev–Trinajstić information content (AvgIpc) is 2.51. The molecule has 2 nitrogen and oxygen atoms in total. The van der Waals surface area contributed by atoms with Crippen LogP contribution in [0.2, 0.25) is 0 Å². The number of halogens is 2. The van der Waals surface area contributed by atoms with Crippen molar-refractivity contribution >= 4 is 0 Å². The zero-order valence-corrected chi connectivity index (χ0v) is 7.51. The van der Waals surface area contributed by atoms with Crippen LogP contribution in [-0.4, -0.2) is 10.2 Å². The number of nitrogens with zero attached hydrogens (tertiary/aromatic N) is 1. The molecule has 0 saturated heterocycles. The van der Waals surface area contributed by atoms with E-state index in [0.717, 1.165) is 5.69 Å². The molecule has 0 aliphatic rings. The van der Waals surface area contributed by atoms with Crippen molar-refractivity contribution < 1.29 is 8.78 Å². The van der Waals surface area contributed by atoms with E-state index in [-0.39, 0.29) is 11.3 Å². The smallest absolute Gasteiger partial charge is 0.135 e. The number of hydrogen-bond acceptors (Lipinski definition) is 1. The number of hydrogen-bond donors (Lipinski definition) is 1. The van der Waals surface area contributed by atoms with Crippen molar-refractivity contribution in [1.29, 1.82) is 0 Å². The summed E-state index contributed by atoms with van der Waals surface area (Å²) in [5, 5.41) is 6.44. The van der Waals surface area contributed by atoms with Gasteiger partial charge in [0, 0.05) is 5.69 Å². The highest BCUT2D eigenvalue weighted by Gasteiger charge is 2.12. The van der Waals surface area contributed by atoms with Gasteiger partial charge in [0.1, 0.15) is 11.6 Å². The molecule has 4 heteroatoms. The third kappa shape index (κ3) is 1.39. The fourth-order valence-corrected chi connectivity index (χ4v) is 1.29. The van der Waals surface area contributed by atoms with E-state index in [0.29, 0.717) is 0 Å². The minimum absolute atomic E-state index is 0.0862. The second kappa shape index (κ2) is 3.21. The lowest BCUT2D eigenvalue weighted by Gasteiger charge is -1.99. The predicted molar refractivity (Wildman–Crippen MR) is 48.7 cm³/mol. The summed E-state index contributed by atoms with van der Waals surface area (Å²) in [6.45, 7) is 1.77. The Morgan fingerprint density at radius 1 is 1.21 bits per heavy atom. The number of aromatic nitrogens is 2. The number of rotatable bonds is 1. The Balaban J connectivity index is 2.61. The molecule has 0 fully saturated rings. The first-order chi connectivity index (χ1) is 6.68. The molecule has 72 valence electrons. The second-order valence-corrected chi connectivity index (χ2v) is 3.03. The van der Waals surface area contributed by atoms with E-state index in [2.05, 4.69) is 10.2 Å². The van der Waals surface area contributed by atoms with Crippen LogP contribution in [0.1, 0.15) is 5.69 Å². The maximum Gasteiger partial charge on any atom is 0.135 e. The van der Waals surface area contributed by atoms with Crippen molar-refractivity contribution in [1.82, 2.24) is 10.2 Å². The third-order valence-corrected chi connectivity index (χ3v) is 1.92. The highest BCUT2D eigenvalue weighted by molar-refractivity contribution is 5.60.